The minimum atomic E-state index is -0.603. The second-order valence-electron chi connectivity index (χ2n) is 7.16. The summed E-state index contributed by atoms with van der Waals surface area (Å²) in [7, 11) is 0. The maximum Gasteiger partial charge on any atom is 0.410 e. The molecule has 1 aliphatic heterocycles. The van der Waals surface area contributed by atoms with Crippen LogP contribution in [0.2, 0.25) is 0 Å². The first-order valence-electron chi connectivity index (χ1n) is 9.29. The van der Waals surface area contributed by atoms with E-state index in [4.69, 9.17) is 14.9 Å². The molecule has 0 bridgehead atoms. The van der Waals surface area contributed by atoms with Gasteiger partial charge in [0.05, 0.1) is 13.2 Å². The largest absolute Gasteiger partial charge is 0.461 e. The number of unbranched alkanes of at least 4 members (excludes halogenated alkanes) is 1. The predicted octanol–water partition coefficient (Wildman–Crippen LogP) is 2.86. The minimum absolute atomic E-state index is 0.143. The maximum absolute atomic E-state index is 12.4. The van der Waals surface area contributed by atoms with E-state index in [1.165, 1.54) is 4.90 Å². The molecule has 0 atom stereocenters. The number of hydrogen-bond acceptors (Lipinski definition) is 6. The molecule has 7 nitrogen and oxygen atoms in total. The SMILES string of the molecule is CC#CCCCN/C(C(=O)OCC)=C1/CN(C(=O)OC(C)(C)C)CCC1=N. The maximum atomic E-state index is 12.4. The molecule has 0 saturated carbocycles. The molecule has 1 fully saturated rings. The lowest BCUT2D eigenvalue weighted by atomic mass is 10.00. The summed E-state index contributed by atoms with van der Waals surface area (Å²) in [6.07, 6.45) is 1.39. The van der Waals surface area contributed by atoms with Crippen molar-refractivity contribution >= 4 is 17.8 Å². The summed E-state index contributed by atoms with van der Waals surface area (Å²) < 4.78 is 10.6. The summed E-state index contributed by atoms with van der Waals surface area (Å²) in [4.78, 5) is 26.3. The van der Waals surface area contributed by atoms with Crippen LogP contribution in [-0.2, 0) is 14.3 Å². The smallest absolute Gasteiger partial charge is 0.410 e. The molecule has 1 rings (SSSR count). The molecule has 1 amide bonds. The van der Waals surface area contributed by atoms with E-state index < -0.39 is 17.7 Å². The Morgan fingerprint density at radius 3 is 2.63 bits per heavy atom. The van der Waals surface area contributed by atoms with Crippen LogP contribution in [0.25, 0.3) is 0 Å². The number of esters is 1. The zero-order chi connectivity index (χ0) is 20.4. The molecule has 0 spiro atoms. The Morgan fingerprint density at radius 1 is 1.33 bits per heavy atom. The fourth-order valence-corrected chi connectivity index (χ4v) is 2.50. The molecule has 0 radical (unpaired) electrons. The van der Waals surface area contributed by atoms with E-state index in [1.54, 1.807) is 34.6 Å². The first-order chi connectivity index (χ1) is 12.7. The highest BCUT2D eigenvalue weighted by Crippen LogP contribution is 2.19. The number of rotatable bonds is 6. The first-order valence-corrected chi connectivity index (χ1v) is 9.29. The second-order valence-corrected chi connectivity index (χ2v) is 7.16. The Labute approximate surface area is 162 Å². The number of carbonyl (C=O) groups excluding carboxylic acids is 2. The standard InChI is InChI=1S/C20H31N3O4/c1-6-8-9-10-12-22-17(18(24)26-7-2)15-14-23(13-11-16(15)21)19(25)27-20(3,4)5/h21-22H,7,9-14H2,1-5H3/b17-15-,21-16?. The summed E-state index contributed by atoms with van der Waals surface area (Å²) in [6, 6.07) is 0. The van der Waals surface area contributed by atoms with Crippen molar-refractivity contribution in [2.24, 2.45) is 0 Å². The van der Waals surface area contributed by atoms with Crippen LogP contribution < -0.4 is 5.32 Å². The van der Waals surface area contributed by atoms with Gasteiger partial charge in [-0.25, -0.2) is 9.59 Å². The van der Waals surface area contributed by atoms with Gasteiger partial charge in [-0.3, -0.25) is 0 Å². The van der Waals surface area contributed by atoms with Crippen LogP contribution in [0.3, 0.4) is 0 Å². The molecule has 2 N–H and O–H groups in total. The first kappa shape index (κ1) is 22.6. The number of amides is 1. The Balaban J connectivity index is 2.99. The summed E-state index contributed by atoms with van der Waals surface area (Å²) >= 11 is 0. The number of nitrogens with zero attached hydrogens (tertiary/aromatic N) is 1. The number of hydrogen-bond donors (Lipinski definition) is 2. The molecule has 0 aromatic heterocycles. The van der Waals surface area contributed by atoms with E-state index in [9.17, 15) is 9.59 Å². The van der Waals surface area contributed by atoms with Crippen molar-refractivity contribution in [3.05, 3.63) is 11.3 Å². The summed E-state index contributed by atoms with van der Waals surface area (Å²) in [5.41, 5.74) is 0.458. The zero-order valence-electron chi connectivity index (χ0n) is 17.0. The highest BCUT2D eigenvalue weighted by Gasteiger charge is 2.30. The molecule has 0 aromatic rings. The van der Waals surface area contributed by atoms with Gasteiger partial charge in [0.15, 0.2) is 0 Å². The Morgan fingerprint density at radius 2 is 2.04 bits per heavy atom. The third-order valence-electron chi connectivity index (χ3n) is 3.74. The molecule has 0 aliphatic carbocycles. The van der Waals surface area contributed by atoms with Gasteiger partial charge in [0.1, 0.15) is 11.3 Å². The average molecular weight is 377 g/mol. The molecule has 150 valence electrons. The summed E-state index contributed by atoms with van der Waals surface area (Å²) in [5.74, 6) is 5.30. The zero-order valence-corrected chi connectivity index (χ0v) is 17.0. The van der Waals surface area contributed by atoms with Gasteiger partial charge < -0.3 is 25.1 Å². The number of likely N-dealkylation sites (tertiary alicyclic amines) is 1. The number of carbonyl (C=O) groups is 2. The van der Waals surface area contributed by atoms with Gasteiger partial charge in [-0.15, -0.1) is 11.8 Å². The van der Waals surface area contributed by atoms with E-state index in [2.05, 4.69) is 17.2 Å². The molecule has 1 heterocycles. The minimum Gasteiger partial charge on any atom is -0.461 e. The van der Waals surface area contributed by atoms with E-state index in [0.29, 0.717) is 30.8 Å². The van der Waals surface area contributed by atoms with E-state index in [-0.39, 0.29) is 18.8 Å². The lowest BCUT2D eigenvalue weighted by molar-refractivity contribution is -0.139. The molecule has 1 saturated heterocycles. The Hall–Kier alpha value is -2.49. The van der Waals surface area contributed by atoms with Crippen LogP contribution >= 0.6 is 0 Å². The monoisotopic (exact) mass is 377 g/mol. The van der Waals surface area contributed by atoms with Crippen LogP contribution in [0.1, 0.15) is 53.9 Å². The predicted molar refractivity (Wildman–Crippen MR) is 104 cm³/mol. The topological polar surface area (TPSA) is 91.7 Å². The van der Waals surface area contributed by atoms with E-state index >= 15 is 0 Å². The highest BCUT2D eigenvalue weighted by molar-refractivity contribution is 6.06. The lowest BCUT2D eigenvalue weighted by Crippen LogP contribution is -2.44. The van der Waals surface area contributed by atoms with Gasteiger partial charge >= 0.3 is 12.1 Å². The molecule has 1 aliphatic rings. The fourth-order valence-electron chi connectivity index (χ4n) is 2.50. The van der Waals surface area contributed by atoms with Crippen molar-refractivity contribution in [3.63, 3.8) is 0 Å². The van der Waals surface area contributed by atoms with Gasteiger partial charge in [0.25, 0.3) is 0 Å². The number of ether oxygens (including phenoxy) is 2. The van der Waals surface area contributed by atoms with Gasteiger partial charge in [-0.05, 0) is 41.0 Å². The van der Waals surface area contributed by atoms with Crippen molar-refractivity contribution in [1.82, 2.24) is 10.2 Å². The van der Waals surface area contributed by atoms with Gasteiger partial charge in [0, 0.05) is 37.2 Å². The van der Waals surface area contributed by atoms with Crippen LogP contribution in [0, 0.1) is 17.3 Å². The molecular weight excluding hydrogens is 346 g/mol. The van der Waals surface area contributed by atoms with Crippen molar-refractivity contribution in [2.45, 2.75) is 59.5 Å². The fraction of sp³-hybridized carbons (Fsp3) is 0.650. The number of piperidine rings is 1. The Bertz CT molecular complexity index is 650. The highest BCUT2D eigenvalue weighted by atomic mass is 16.6. The van der Waals surface area contributed by atoms with E-state index in [0.717, 1.165) is 12.8 Å². The Kier molecular flexibility index (Phi) is 8.86. The van der Waals surface area contributed by atoms with Crippen LogP contribution in [0.4, 0.5) is 4.79 Å². The molecule has 0 unspecified atom stereocenters. The summed E-state index contributed by atoms with van der Waals surface area (Å²) in [6.45, 7) is 10.2. The third-order valence-corrected chi connectivity index (χ3v) is 3.74. The summed E-state index contributed by atoms with van der Waals surface area (Å²) in [5, 5.41) is 11.3. The van der Waals surface area contributed by atoms with Crippen molar-refractivity contribution < 1.29 is 19.1 Å². The van der Waals surface area contributed by atoms with Gasteiger partial charge in [0.2, 0.25) is 0 Å². The van der Waals surface area contributed by atoms with Crippen LogP contribution in [0.15, 0.2) is 11.3 Å². The van der Waals surface area contributed by atoms with Crippen molar-refractivity contribution in [3.8, 4) is 11.8 Å². The van der Waals surface area contributed by atoms with Crippen LogP contribution in [-0.4, -0.2) is 54.5 Å². The quantitative estimate of drug-likeness (QED) is 0.321. The molecule has 0 aromatic carbocycles. The average Bonchev–Trinajstić information content (AvgIpc) is 2.57. The molecule has 27 heavy (non-hydrogen) atoms. The van der Waals surface area contributed by atoms with Gasteiger partial charge in [-0.2, -0.15) is 0 Å². The van der Waals surface area contributed by atoms with Gasteiger partial charge in [-0.1, -0.05) is 0 Å². The normalized spacial score (nSPS) is 16.2. The number of nitrogens with one attached hydrogen (secondary N) is 2. The second kappa shape index (κ2) is 10.6. The lowest BCUT2D eigenvalue weighted by Gasteiger charge is -2.32. The molecular formula is C20H31N3O4. The van der Waals surface area contributed by atoms with Crippen molar-refractivity contribution in [1.29, 1.82) is 5.41 Å². The molecule has 7 heteroatoms. The third kappa shape index (κ3) is 7.73. The van der Waals surface area contributed by atoms with Crippen molar-refractivity contribution in [2.75, 3.05) is 26.2 Å². The van der Waals surface area contributed by atoms with E-state index in [1.807, 2.05) is 0 Å². The van der Waals surface area contributed by atoms with Crippen LogP contribution in [0.5, 0.6) is 0 Å².